The van der Waals surface area contributed by atoms with E-state index < -0.39 is 0 Å². The fraction of sp³-hybridized carbons (Fsp3) is 0.0505. The van der Waals surface area contributed by atoms with Gasteiger partial charge in [-0.1, -0.05) is 220 Å². The zero-order valence-electron chi connectivity index (χ0n) is 60.0. The Morgan fingerprint density at radius 1 is 0.262 bits per heavy atom. The third-order valence-corrected chi connectivity index (χ3v) is 20.4. The molecule has 0 saturated carbocycles. The van der Waals surface area contributed by atoms with Crippen molar-refractivity contribution in [2.75, 3.05) is 29.4 Å². The molecule has 107 heavy (non-hydrogen) atoms. The zero-order valence-corrected chi connectivity index (χ0v) is 60.0. The van der Waals surface area contributed by atoms with Gasteiger partial charge in [-0.15, -0.1) is 0 Å². The van der Waals surface area contributed by atoms with Gasteiger partial charge in [-0.3, -0.25) is 9.88 Å². The molecule has 0 N–H and O–H groups in total. The van der Waals surface area contributed by atoms with Crippen molar-refractivity contribution in [3.8, 4) is 22.4 Å². The molecule has 14 aromatic carbocycles. The summed E-state index contributed by atoms with van der Waals surface area (Å²) in [5, 5.41) is 0. The molecule has 2 aromatic heterocycles. The lowest BCUT2D eigenvalue weighted by atomic mass is 9.73. The van der Waals surface area contributed by atoms with Crippen LogP contribution in [0.3, 0.4) is 0 Å². The monoisotopic (exact) mass is 1380 g/mol. The minimum Gasteiger partial charge on any atom is -0.310 e. The van der Waals surface area contributed by atoms with Gasteiger partial charge in [-0.2, -0.15) is 0 Å². The summed E-state index contributed by atoms with van der Waals surface area (Å²) >= 11 is 0. The molecule has 16 aromatic rings. The van der Waals surface area contributed by atoms with E-state index in [-0.39, 0.29) is 5.41 Å². The molecule has 0 unspecified atom stereocenters. The maximum Gasteiger partial charge on any atom is 0.137 e. The Hall–Kier alpha value is -13.8. The van der Waals surface area contributed by atoms with Crippen LogP contribution in [-0.4, -0.2) is 9.97 Å². The first kappa shape index (κ1) is 66.4. The molecule has 8 nitrogen and oxygen atoms in total. The number of hydrogen-bond donors (Lipinski definition) is 0. The Kier molecular flexibility index (Phi) is 18.3. The van der Waals surface area contributed by atoms with Gasteiger partial charge in [0.05, 0.1) is 28.5 Å². The highest BCUT2D eigenvalue weighted by Gasteiger charge is 2.39. The second-order valence-corrected chi connectivity index (χ2v) is 27.5. The first-order chi connectivity index (χ1) is 52.8. The molecule has 514 valence electrons. The molecule has 18 rings (SSSR count). The van der Waals surface area contributed by atoms with Crippen LogP contribution in [0.25, 0.3) is 22.4 Å². The van der Waals surface area contributed by atoms with Crippen molar-refractivity contribution < 1.29 is 0 Å². The molecule has 0 amide bonds. The van der Waals surface area contributed by atoms with Crippen LogP contribution in [0.2, 0.25) is 0 Å². The maximum absolute atomic E-state index is 5.16. The largest absolute Gasteiger partial charge is 0.310 e. The maximum atomic E-state index is 5.16. The molecular formula is C99H78N8. The summed E-state index contributed by atoms with van der Waals surface area (Å²) in [7, 11) is 0. The predicted octanol–water partition coefficient (Wildman–Crippen LogP) is 27.2. The predicted molar refractivity (Wildman–Crippen MR) is 447 cm³/mol. The normalized spacial score (nSPS) is 12.3. The lowest BCUT2D eigenvalue weighted by molar-refractivity contribution is 0.631. The van der Waals surface area contributed by atoms with Gasteiger partial charge in [0.25, 0.3) is 0 Å². The van der Waals surface area contributed by atoms with Crippen molar-refractivity contribution in [3.05, 3.63) is 435 Å². The summed E-state index contributed by atoms with van der Waals surface area (Å²) in [6.45, 7) is 6.83. The summed E-state index contributed by atoms with van der Waals surface area (Å²) in [4.78, 5) is 24.4. The van der Waals surface area contributed by atoms with Crippen molar-refractivity contribution in [2.45, 2.75) is 32.6 Å². The molecule has 4 heterocycles. The van der Waals surface area contributed by atoms with Crippen molar-refractivity contribution in [1.29, 1.82) is 0 Å². The van der Waals surface area contributed by atoms with E-state index in [1.165, 1.54) is 22.3 Å². The van der Waals surface area contributed by atoms with E-state index in [0.29, 0.717) is 0 Å². The number of para-hydroxylation sites is 8. The van der Waals surface area contributed by atoms with Crippen LogP contribution in [0.1, 0.15) is 41.8 Å². The van der Waals surface area contributed by atoms with Crippen LogP contribution in [-0.2, 0) is 11.8 Å². The second-order valence-electron chi connectivity index (χ2n) is 27.5. The first-order valence-electron chi connectivity index (χ1n) is 36.6. The average molecular weight is 1380 g/mol. The molecule has 0 aliphatic carbocycles. The topological polar surface area (TPSA) is 45.2 Å². The molecule has 0 fully saturated rings. The summed E-state index contributed by atoms with van der Waals surface area (Å²) in [5.74, 6) is 0.874. The standard InChI is InChI=1S/C50H40N4.C49H38N4/c1-50(2)45-34-43(52(39-20-10-4-11-21-39)40-22-12-5-13-23-40)29-31-47(45)54(49-33-28-38(36-51-49)37-18-8-3-9-19-37)48-32-30-44(35-46(48)50)53(41-24-14-6-15-25-41)42-26-16-7-17-27-42;1-36-47(32-29-46(50-36)37-17-7-2-8-18-37)53-48-30-27-44(51(40-19-9-3-10-20-40)41-21-11-4-12-22-41)34-38(48)33-39-35-45(28-31-49(39)53)52(42-23-13-5-14-24-42)43-25-15-6-16-26-43/h3-36H,1-2H3;2-32,34-35H,33H2,1H3. The van der Waals surface area contributed by atoms with E-state index in [0.717, 1.165) is 137 Å². The Labute approximate surface area is 627 Å². The number of aromatic nitrogens is 2. The molecule has 8 heteroatoms. The van der Waals surface area contributed by atoms with Crippen molar-refractivity contribution in [3.63, 3.8) is 0 Å². The fourth-order valence-electron chi connectivity index (χ4n) is 15.3. The van der Waals surface area contributed by atoms with E-state index in [9.17, 15) is 0 Å². The van der Waals surface area contributed by atoms with E-state index in [1.54, 1.807) is 0 Å². The zero-order chi connectivity index (χ0) is 72.1. The number of pyridine rings is 2. The SMILES string of the molecule is CC1(C)c2cc(N(c3ccccc3)c3ccccc3)ccc2N(c2ccc(-c3ccccc3)cn2)c2ccc(N(c3ccccc3)c3ccccc3)cc21.Cc1nc(-c2ccccc2)ccc1N1c2ccc(N(c3ccccc3)c3ccccc3)cc2Cc2cc(N(c3ccccc3)c3ccccc3)ccc21. The Balaban J connectivity index is 0.000000157. The highest BCUT2D eigenvalue weighted by molar-refractivity contribution is 5.93. The molecule has 0 saturated heterocycles. The van der Waals surface area contributed by atoms with E-state index in [2.05, 4.69) is 438 Å². The van der Waals surface area contributed by atoms with Gasteiger partial charge >= 0.3 is 0 Å². The molecule has 0 spiro atoms. The lowest BCUT2D eigenvalue weighted by Gasteiger charge is -2.43. The van der Waals surface area contributed by atoms with Crippen molar-refractivity contribution in [1.82, 2.24) is 9.97 Å². The third-order valence-electron chi connectivity index (χ3n) is 20.4. The Morgan fingerprint density at radius 3 is 0.879 bits per heavy atom. The number of benzene rings is 14. The van der Waals surface area contributed by atoms with Crippen molar-refractivity contribution in [2.24, 2.45) is 0 Å². The van der Waals surface area contributed by atoms with Gasteiger partial charge in [0.2, 0.25) is 0 Å². The van der Waals surface area contributed by atoms with Gasteiger partial charge in [0, 0.05) is 109 Å². The molecule has 2 aliphatic heterocycles. The first-order valence-corrected chi connectivity index (χ1v) is 36.6. The van der Waals surface area contributed by atoms with Crippen LogP contribution < -0.4 is 29.4 Å². The molecule has 0 bridgehead atoms. The number of fused-ring (bicyclic) bond motifs is 4. The number of nitrogens with zero attached hydrogens (tertiary/aromatic N) is 8. The van der Waals surface area contributed by atoms with E-state index in [1.807, 2.05) is 18.3 Å². The Bertz CT molecular complexity index is 5280. The van der Waals surface area contributed by atoms with Crippen LogP contribution in [0.5, 0.6) is 0 Å². The highest BCUT2D eigenvalue weighted by atomic mass is 15.2. The number of aryl methyl sites for hydroxylation is 1. The van der Waals surface area contributed by atoms with Crippen LogP contribution in [0.4, 0.5) is 103 Å². The second kappa shape index (κ2) is 29.5. The van der Waals surface area contributed by atoms with Crippen LogP contribution in [0.15, 0.2) is 407 Å². The van der Waals surface area contributed by atoms with Gasteiger partial charge in [0.15, 0.2) is 0 Å². The number of hydrogen-bond acceptors (Lipinski definition) is 8. The number of anilines is 18. The highest BCUT2D eigenvalue weighted by Crippen LogP contribution is 2.56. The third kappa shape index (κ3) is 13.3. The van der Waals surface area contributed by atoms with Gasteiger partial charge < -0.3 is 24.5 Å². The van der Waals surface area contributed by atoms with Gasteiger partial charge in [-0.05, 0) is 229 Å². The lowest BCUT2D eigenvalue weighted by Crippen LogP contribution is -2.31. The minimum atomic E-state index is -0.366. The molecule has 0 radical (unpaired) electrons. The summed E-state index contributed by atoms with van der Waals surface area (Å²) in [6, 6.07) is 142. The molecule has 0 atom stereocenters. The minimum absolute atomic E-state index is 0.366. The fourth-order valence-corrected chi connectivity index (χ4v) is 15.3. The quantitative estimate of drug-likeness (QED) is 0.0948. The van der Waals surface area contributed by atoms with E-state index >= 15 is 0 Å². The van der Waals surface area contributed by atoms with Crippen LogP contribution >= 0.6 is 0 Å². The average Bonchev–Trinajstić information content (AvgIpc) is 0.723. The summed E-state index contributed by atoms with van der Waals surface area (Å²) < 4.78 is 0. The van der Waals surface area contributed by atoms with Crippen molar-refractivity contribution >= 4 is 103 Å². The molecule has 2 aliphatic rings. The summed E-state index contributed by atoms with van der Waals surface area (Å²) in [5.41, 5.74) is 28.8. The Morgan fingerprint density at radius 2 is 0.561 bits per heavy atom. The van der Waals surface area contributed by atoms with Gasteiger partial charge in [-0.25, -0.2) is 4.98 Å². The van der Waals surface area contributed by atoms with E-state index in [4.69, 9.17) is 9.97 Å². The molecular weight excluding hydrogens is 1300 g/mol. The number of rotatable bonds is 16. The van der Waals surface area contributed by atoms with Gasteiger partial charge in [0.1, 0.15) is 5.82 Å². The smallest absolute Gasteiger partial charge is 0.137 e. The summed E-state index contributed by atoms with van der Waals surface area (Å²) in [6.07, 6.45) is 2.78. The van der Waals surface area contributed by atoms with Crippen LogP contribution in [0, 0.1) is 6.92 Å².